The number of carbonyl (C=O) groups is 3. The number of ether oxygens (including phenoxy) is 1. The first-order chi connectivity index (χ1) is 20.8. The number of phenols is 1. The van der Waals surface area contributed by atoms with E-state index in [4.69, 9.17) is 4.74 Å². The lowest BCUT2D eigenvalue weighted by Crippen LogP contribution is -2.53. The molecule has 236 valence electrons. The number of para-hydroxylation sites is 1. The van der Waals surface area contributed by atoms with Crippen LogP contribution in [0.5, 0.6) is 5.75 Å². The highest BCUT2D eigenvalue weighted by Gasteiger charge is 2.36. The van der Waals surface area contributed by atoms with Gasteiger partial charge in [-0.25, -0.2) is 4.79 Å². The van der Waals surface area contributed by atoms with Crippen molar-refractivity contribution in [3.8, 4) is 5.75 Å². The predicted molar refractivity (Wildman–Crippen MR) is 175 cm³/mol. The SMILES string of the molecule is CCCCCN(C(=O)C(Cc1ccc(O)cc1)NC(=O)OC(C)(C)C)C(C(=O)Nc1c(C)cccc1C)c1ccc(C)cc1. The zero-order chi connectivity index (χ0) is 32.4. The van der Waals surface area contributed by atoms with Crippen LogP contribution >= 0.6 is 0 Å². The van der Waals surface area contributed by atoms with E-state index in [1.165, 1.54) is 12.1 Å². The number of rotatable bonds is 12. The van der Waals surface area contributed by atoms with E-state index in [-0.39, 0.29) is 18.1 Å². The van der Waals surface area contributed by atoms with Gasteiger partial charge in [0, 0.05) is 18.7 Å². The van der Waals surface area contributed by atoms with Crippen LogP contribution in [-0.2, 0) is 20.7 Å². The van der Waals surface area contributed by atoms with E-state index in [0.29, 0.717) is 24.2 Å². The number of nitrogens with one attached hydrogen (secondary N) is 2. The third kappa shape index (κ3) is 9.86. The van der Waals surface area contributed by atoms with Gasteiger partial charge in [0.2, 0.25) is 5.91 Å². The summed E-state index contributed by atoms with van der Waals surface area (Å²) in [5, 5.41) is 15.7. The van der Waals surface area contributed by atoms with Crippen LogP contribution < -0.4 is 10.6 Å². The molecule has 0 heterocycles. The van der Waals surface area contributed by atoms with E-state index in [2.05, 4.69) is 17.6 Å². The van der Waals surface area contributed by atoms with Crippen molar-refractivity contribution in [2.45, 2.75) is 91.8 Å². The van der Waals surface area contributed by atoms with Gasteiger partial charge >= 0.3 is 6.09 Å². The lowest BCUT2D eigenvalue weighted by atomic mass is 9.98. The summed E-state index contributed by atoms with van der Waals surface area (Å²) in [5.74, 6) is -0.639. The van der Waals surface area contributed by atoms with Crippen molar-refractivity contribution in [3.63, 3.8) is 0 Å². The van der Waals surface area contributed by atoms with Gasteiger partial charge in [-0.3, -0.25) is 9.59 Å². The first kappa shape index (κ1) is 34.2. The minimum atomic E-state index is -1.03. The number of unbranched alkanes of at least 4 members (excludes halogenated alkanes) is 2. The number of phenolic OH excluding ortho intramolecular Hbond substituents is 1. The molecule has 0 spiro atoms. The Kier molecular flexibility index (Phi) is 12.0. The topological polar surface area (TPSA) is 108 Å². The molecule has 0 radical (unpaired) electrons. The average Bonchev–Trinajstić information content (AvgIpc) is 2.95. The summed E-state index contributed by atoms with van der Waals surface area (Å²) < 4.78 is 5.52. The van der Waals surface area contributed by atoms with Crippen molar-refractivity contribution in [1.82, 2.24) is 10.2 Å². The Morgan fingerprint density at radius 2 is 1.50 bits per heavy atom. The van der Waals surface area contributed by atoms with Gasteiger partial charge in [0.05, 0.1) is 0 Å². The molecule has 8 heteroatoms. The fourth-order valence-corrected chi connectivity index (χ4v) is 5.04. The molecular formula is C36H47N3O5. The number of benzene rings is 3. The number of hydrogen-bond acceptors (Lipinski definition) is 5. The van der Waals surface area contributed by atoms with Gasteiger partial charge in [0.25, 0.3) is 5.91 Å². The van der Waals surface area contributed by atoms with Crippen LogP contribution in [0.1, 0.15) is 80.8 Å². The molecule has 0 aliphatic carbocycles. The van der Waals surface area contributed by atoms with Crippen molar-refractivity contribution in [1.29, 1.82) is 0 Å². The molecule has 0 aliphatic heterocycles. The second-order valence-electron chi connectivity index (χ2n) is 12.4. The molecule has 2 unspecified atom stereocenters. The molecule has 44 heavy (non-hydrogen) atoms. The van der Waals surface area contributed by atoms with Gasteiger partial charge < -0.3 is 25.4 Å². The van der Waals surface area contributed by atoms with E-state index in [9.17, 15) is 19.5 Å². The molecule has 3 aromatic rings. The summed E-state index contributed by atoms with van der Waals surface area (Å²) in [6, 6.07) is 17.9. The number of hydrogen-bond donors (Lipinski definition) is 3. The number of nitrogens with zero attached hydrogens (tertiary/aromatic N) is 1. The summed E-state index contributed by atoms with van der Waals surface area (Å²) in [4.78, 5) is 43.5. The minimum Gasteiger partial charge on any atom is -0.508 e. The Hall–Kier alpha value is -4.33. The average molecular weight is 602 g/mol. The molecule has 3 amide bonds. The number of anilines is 1. The Bertz CT molecular complexity index is 1390. The highest BCUT2D eigenvalue weighted by atomic mass is 16.6. The first-order valence-electron chi connectivity index (χ1n) is 15.3. The van der Waals surface area contributed by atoms with Crippen LogP contribution in [0.3, 0.4) is 0 Å². The second kappa shape index (κ2) is 15.4. The maximum absolute atomic E-state index is 14.6. The van der Waals surface area contributed by atoms with Crippen LogP contribution in [0.15, 0.2) is 66.7 Å². The molecule has 2 atom stereocenters. The van der Waals surface area contributed by atoms with Gasteiger partial charge in [0.15, 0.2) is 0 Å². The summed E-state index contributed by atoms with van der Waals surface area (Å²) in [6.07, 6.45) is 1.89. The van der Waals surface area contributed by atoms with Gasteiger partial charge in [-0.1, -0.05) is 79.9 Å². The van der Waals surface area contributed by atoms with Crippen molar-refractivity contribution in [3.05, 3.63) is 94.5 Å². The molecule has 3 rings (SSSR count). The van der Waals surface area contributed by atoms with E-state index in [1.807, 2.05) is 63.2 Å². The second-order valence-corrected chi connectivity index (χ2v) is 12.4. The molecule has 8 nitrogen and oxygen atoms in total. The van der Waals surface area contributed by atoms with Crippen LogP contribution in [0, 0.1) is 20.8 Å². The normalized spacial score (nSPS) is 12.6. The fraction of sp³-hybridized carbons (Fsp3) is 0.417. The van der Waals surface area contributed by atoms with Crippen molar-refractivity contribution in [2.24, 2.45) is 0 Å². The largest absolute Gasteiger partial charge is 0.508 e. The van der Waals surface area contributed by atoms with Gasteiger partial charge in [-0.2, -0.15) is 0 Å². The van der Waals surface area contributed by atoms with Crippen molar-refractivity contribution >= 4 is 23.6 Å². The van der Waals surface area contributed by atoms with Gasteiger partial charge in [-0.15, -0.1) is 0 Å². The number of carbonyl (C=O) groups excluding carboxylic acids is 3. The molecule has 0 bridgehead atoms. The van der Waals surface area contributed by atoms with Crippen molar-refractivity contribution in [2.75, 3.05) is 11.9 Å². The zero-order valence-electron chi connectivity index (χ0n) is 27.1. The third-order valence-corrected chi connectivity index (χ3v) is 7.33. The molecular weight excluding hydrogens is 554 g/mol. The summed E-state index contributed by atoms with van der Waals surface area (Å²) in [6.45, 7) is 13.5. The number of aryl methyl sites for hydroxylation is 3. The van der Waals surface area contributed by atoms with Crippen LogP contribution in [0.4, 0.5) is 10.5 Å². The van der Waals surface area contributed by atoms with Crippen LogP contribution in [0.25, 0.3) is 0 Å². The molecule has 0 aliphatic rings. The number of alkyl carbamates (subject to hydrolysis) is 1. The fourth-order valence-electron chi connectivity index (χ4n) is 5.04. The van der Waals surface area contributed by atoms with Crippen LogP contribution in [0.2, 0.25) is 0 Å². The molecule has 0 aromatic heterocycles. The monoisotopic (exact) mass is 601 g/mol. The highest BCUT2D eigenvalue weighted by Crippen LogP contribution is 2.28. The first-order valence-corrected chi connectivity index (χ1v) is 15.3. The third-order valence-electron chi connectivity index (χ3n) is 7.33. The summed E-state index contributed by atoms with van der Waals surface area (Å²) in [7, 11) is 0. The van der Waals surface area contributed by atoms with Gasteiger partial charge in [-0.05, 0) is 82.3 Å². The summed E-state index contributed by atoms with van der Waals surface area (Å²) in [5.41, 5.74) is 4.21. The maximum atomic E-state index is 14.6. The zero-order valence-corrected chi connectivity index (χ0v) is 27.1. The Morgan fingerprint density at radius 3 is 2.07 bits per heavy atom. The minimum absolute atomic E-state index is 0.0977. The maximum Gasteiger partial charge on any atom is 0.408 e. The van der Waals surface area contributed by atoms with Crippen molar-refractivity contribution < 1.29 is 24.2 Å². The molecule has 0 fully saturated rings. The van der Waals surface area contributed by atoms with E-state index < -0.39 is 29.7 Å². The molecule has 3 N–H and O–H groups in total. The Balaban J connectivity index is 2.09. The predicted octanol–water partition coefficient (Wildman–Crippen LogP) is 7.15. The van der Waals surface area contributed by atoms with E-state index >= 15 is 0 Å². The Labute approximate surface area is 261 Å². The quantitative estimate of drug-likeness (QED) is 0.191. The summed E-state index contributed by atoms with van der Waals surface area (Å²) >= 11 is 0. The van der Waals surface area contributed by atoms with Gasteiger partial charge in [0.1, 0.15) is 23.4 Å². The Morgan fingerprint density at radius 1 is 0.886 bits per heavy atom. The standard InChI is InChI=1S/C36H47N3O5/c1-8-9-10-22-39(34(42)30(37-35(43)44-36(5,6)7)23-27-16-20-29(40)21-17-27)32(28-18-14-24(2)15-19-28)33(41)38-31-25(3)12-11-13-26(31)4/h11-21,30,32,40H,8-10,22-23H2,1-7H3,(H,37,43)(H,38,41). The van der Waals surface area contributed by atoms with E-state index in [1.54, 1.807) is 37.8 Å². The molecule has 0 saturated heterocycles. The van der Waals surface area contributed by atoms with Crippen LogP contribution in [-0.4, -0.2) is 46.1 Å². The lowest BCUT2D eigenvalue weighted by molar-refractivity contribution is -0.140. The highest BCUT2D eigenvalue weighted by molar-refractivity contribution is 6.00. The smallest absolute Gasteiger partial charge is 0.408 e. The number of amides is 3. The molecule has 0 saturated carbocycles. The lowest BCUT2D eigenvalue weighted by Gasteiger charge is -2.35. The van der Waals surface area contributed by atoms with E-state index in [0.717, 1.165) is 35.1 Å². The number of aromatic hydroxyl groups is 1. The molecule has 3 aromatic carbocycles.